The molecular formula is C19H15ClN4O4. The molecule has 1 aliphatic rings. The Morgan fingerprint density at radius 1 is 1.29 bits per heavy atom. The summed E-state index contributed by atoms with van der Waals surface area (Å²) in [5, 5.41) is 12.5. The van der Waals surface area contributed by atoms with Crippen molar-refractivity contribution >= 4 is 46.1 Å². The van der Waals surface area contributed by atoms with Crippen LogP contribution in [0.2, 0.25) is 5.02 Å². The Balaban J connectivity index is 1.84. The number of carbonyl (C=O) groups is 2. The van der Waals surface area contributed by atoms with E-state index in [9.17, 15) is 14.4 Å². The fourth-order valence-electron chi connectivity index (χ4n) is 3.42. The van der Waals surface area contributed by atoms with E-state index in [-0.39, 0.29) is 17.0 Å². The van der Waals surface area contributed by atoms with Crippen molar-refractivity contribution in [3.05, 3.63) is 62.9 Å². The predicted molar refractivity (Wildman–Crippen MR) is 105 cm³/mol. The lowest BCUT2D eigenvalue weighted by Gasteiger charge is -2.08. The SMILES string of the molecule is O=C(O)/C=C/c1nc2c(C(=O)Nc3ccc(Cl)cc3)n3c(c2c(=O)[nH]1)CCC3. The van der Waals surface area contributed by atoms with Gasteiger partial charge in [0.2, 0.25) is 0 Å². The molecule has 1 amide bonds. The van der Waals surface area contributed by atoms with Gasteiger partial charge >= 0.3 is 5.97 Å². The summed E-state index contributed by atoms with van der Waals surface area (Å²) in [5.74, 6) is -1.49. The number of amides is 1. The Morgan fingerprint density at radius 2 is 2.04 bits per heavy atom. The molecule has 0 atom stereocenters. The third-order valence-electron chi connectivity index (χ3n) is 4.54. The molecule has 4 rings (SSSR count). The van der Waals surface area contributed by atoms with Crippen molar-refractivity contribution in [3.8, 4) is 0 Å². The first-order valence-electron chi connectivity index (χ1n) is 8.57. The molecule has 0 fully saturated rings. The van der Waals surface area contributed by atoms with Gasteiger partial charge in [0.15, 0.2) is 0 Å². The molecule has 0 saturated carbocycles. The minimum absolute atomic E-state index is 0.0738. The average Bonchev–Trinajstić information content (AvgIpc) is 3.21. The second-order valence-corrected chi connectivity index (χ2v) is 6.79. The number of rotatable bonds is 4. The molecule has 0 radical (unpaired) electrons. The highest BCUT2D eigenvalue weighted by molar-refractivity contribution is 6.30. The van der Waals surface area contributed by atoms with Crippen LogP contribution >= 0.6 is 11.6 Å². The number of hydrogen-bond acceptors (Lipinski definition) is 4. The van der Waals surface area contributed by atoms with E-state index in [2.05, 4.69) is 15.3 Å². The van der Waals surface area contributed by atoms with E-state index in [0.29, 0.717) is 29.1 Å². The molecule has 0 unspecified atom stereocenters. The van der Waals surface area contributed by atoms with Crippen LogP contribution in [-0.2, 0) is 17.8 Å². The molecule has 28 heavy (non-hydrogen) atoms. The van der Waals surface area contributed by atoms with Gasteiger partial charge in [-0.1, -0.05) is 11.6 Å². The number of aromatic nitrogens is 3. The van der Waals surface area contributed by atoms with Crippen molar-refractivity contribution in [1.29, 1.82) is 0 Å². The van der Waals surface area contributed by atoms with Gasteiger partial charge in [-0.05, 0) is 43.2 Å². The molecule has 1 aliphatic heterocycles. The number of aliphatic carboxylic acids is 1. The van der Waals surface area contributed by atoms with Gasteiger partial charge in [-0.3, -0.25) is 9.59 Å². The topological polar surface area (TPSA) is 117 Å². The summed E-state index contributed by atoms with van der Waals surface area (Å²) in [6.07, 6.45) is 3.56. The largest absolute Gasteiger partial charge is 0.478 e. The maximum absolute atomic E-state index is 13.0. The third-order valence-corrected chi connectivity index (χ3v) is 4.79. The van der Waals surface area contributed by atoms with E-state index < -0.39 is 17.4 Å². The van der Waals surface area contributed by atoms with Crippen LogP contribution in [0.5, 0.6) is 0 Å². The van der Waals surface area contributed by atoms with Crippen LogP contribution in [0.15, 0.2) is 35.1 Å². The molecule has 0 saturated heterocycles. The molecule has 0 spiro atoms. The highest BCUT2D eigenvalue weighted by atomic mass is 35.5. The number of nitrogens with one attached hydrogen (secondary N) is 2. The van der Waals surface area contributed by atoms with Crippen molar-refractivity contribution in [2.45, 2.75) is 19.4 Å². The van der Waals surface area contributed by atoms with Crippen molar-refractivity contribution in [1.82, 2.24) is 14.5 Å². The summed E-state index contributed by atoms with van der Waals surface area (Å²) in [4.78, 5) is 43.3. The summed E-state index contributed by atoms with van der Waals surface area (Å²) in [6, 6.07) is 6.68. The standard InChI is InChI=1S/C19H15ClN4O4/c20-10-3-5-11(6-4-10)21-19(28)17-16-15(12-2-1-9-24(12)17)18(27)23-13(22-16)7-8-14(25)26/h3-8H,1-2,9H2,(H,21,28)(H,25,26)(H,22,23,27)/b8-7+. The number of benzene rings is 1. The Morgan fingerprint density at radius 3 is 2.75 bits per heavy atom. The Bertz CT molecular complexity index is 1190. The van der Waals surface area contributed by atoms with Crippen molar-refractivity contribution in [2.24, 2.45) is 0 Å². The number of carboxylic acid groups (broad SMARTS) is 1. The molecule has 9 heteroatoms. The third kappa shape index (κ3) is 3.18. The zero-order valence-corrected chi connectivity index (χ0v) is 15.3. The molecule has 0 bridgehead atoms. The lowest BCUT2D eigenvalue weighted by atomic mass is 10.2. The highest BCUT2D eigenvalue weighted by Crippen LogP contribution is 2.29. The highest BCUT2D eigenvalue weighted by Gasteiger charge is 2.28. The molecular weight excluding hydrogens is 384 g/mol. The van der Waals surface area contributed by atoms with Gasteiger partial charge in [-0.25, -0.2) is 9.78 Å². The Labute approximate surface area is 163 Å². The van der Waals surface area contributed by atoms with Crippen LogP contribution in [0.4, 0.5) is 5.69 Å². The number of nitrogens with zero attached hydrogens (tertiary/aromatic N) is 2. The van der Waals surface area contributed by atoms with Crippen molar-refractivity contribution in [3.63, 3.8) is 0 Å². The van der Waals surface area contributed by atoms with Crippen LogP contribution in [-0.4, -0.2) is 31.5 Å². The fraction of sp³-hybridized carbons (Fsp3) is 0.158. The van der Waals surface area contributed by atoms with Crippen LogP contribution in [0.25, 0.3) is 17.0 Å². The number of anilines is 1. The summed E-state index contributed by atoms with van der Waals surface area (Å²) < 4.78 is 1.81. The summed E-state index contributed by atoms with van der Waals surface area (Å²) in [5.41, 5.74) is 1.47. The fourth-order valence-corrected chi connectivity index (χ4v) is 3.55. The molecule has 142 valence electrons. The first-order valence-corrected chi connectivity index (χ1v) is 8.95. The first-order chi connectivity index (χ1) is 13.4. The van der Waals surface area contributed by atoms with Crippen LogP contribution in [0, 0.1) is 0 Å². The normalized spacial score (nSPS) is 13.2. The molecule has 3 N–H and O–H groups in total. The smallest absolute Gasteiger partial charge is 0.328 e. The van der Waals surface area contributed by atoms with E-state index in [1.54, 1.807) is 24.3 Å². The van der Waals surface area contributed by atoms with Gasteiger partial charge in [0.05, 0.1) is 5.39 Å². The van der Waals surface area contributed by atoms with E-state index in [0.717, 1.165) is 18.2 Å². The minimum atomic E-state index is -1.16. The van der Waals surface area contributed by atoms with Crippen LogP contribution < -0.4 is 10.9 Å². The molecule has 3 heterocycles. The molecule has 1 aromatic carbocycles. The second kappa shape index (κ2) is 6.97. The first kappa shape index (κ1) is 18.0. The minimum Gasteiger partial charge on any atom is -0.478 e. The summed E-state index contributed by atoms with van der Waals surface area (Å²) in [6.45, 7) is 0.606. The van der Waals surface area contributed by atoms with Crippen LogP contribution in [0.3, 0.4) is 0 Å². The molecule has 8 nitrogen and oxygen atoms in total. The van der Waals surface area contributed by atoms with E-state index in [4.69, 9.17) is 16.7 Å². The maximum atomic E-state index is 13.0. The second-order valence-electron chi connectivity index (χ2n) is 6.36. The van der Waals surface area contributed by atoms with Crippen molar-refractivity contribution < 1.29 is 14.7 Å². The zero-order chi connectivity index (χ0) is 19.8. The van der Waals surface area contributed by atoms with Gasteiger partial charge < -0.3 is 20.0 Å². The van der Waals surface area contributed by atoms with Gasteiger partial charge in [0.25, 0.3) is 11.5 Å². The number of aromatic amines is 1. The number of fused-ring (bicyclic) bond motifs is 3. The van der Waals surface area contributed by atoms with Crippen molar-refractivity contribution in [2.75, 3.05) is 5.32 Å². The number of carbonyl (C=O) groups excluding carboxylic acids is 1. The Kier molecular flexibility index (Phi) is 4.48. The van der Waals surface area contributed by atoms with Gasteiger partial charge in [-0.2, -0.15) is 0 Å². The van der Waals surface area contributed by atoms with Gasteiger partial charge in [0, 0.05) is 29.0 Å². The monoisotopic (exact) mass is 398 g/mol. The average molecular weight is 399 g/mol. The van der Waals surface area contributed by atoms with Gasteiger partial charge in [-0.15, -0.1) is 0 Å². The van der Waals surface area contributed by atoms with E-state index >= 15 is 0 Å². The molecule has 2 aromatic heterocycles. The number of carboxylic acids is 1. The lowest BCUT2D eigenvalue weighted by molar-refractivity contribution is -0.131. The number of aryl methyl sites for hydroxylation is 1. The van der Waals surface area contributed by atoms with Gasteiger partial charge in [0.1, 0.15) is 17.0 Å². The number of H-pyrrole nitrogens is 1. The Hall–Kier alpha value is -3.39. The zero-order valence-electron chi connectivity index (χ0n) is 14.5. The summed E-state index contributed by atoms with van der Waals surface area (Å²) in [7, 11) is 0. The van der Waals surface area contributed by atoms with E-state index in [1.165, 1.54) is 6.08 Å². The van der Waals surface area contributed by atoms with E-state index in [1.807, 2.05) is 4.57 Å². The van der Waals surface area contributed by atoms with Crippen LogP contribution in [0.1, 0.15) is 28.4 Å². The molecule has 3 aromatic rings. The quantitative estimate of drug-likeness (QED) is 0.584. The number of hydrogen-bond donors (Lipinski definition) is 3. The maximum Gasteiger partial charge on any atom is 0.328 e. The predicted octanol–water partition coefficient (Wildman–Crippen LogP) is 2.67. The lowest BCUT2D eigenvalue weighted by Crippen LogP contribution is -2.17. The number of halogens is 1. The molecule has 0 aliphatic carbocycles. The summed E-state index contributed by atoms with van der Waals surface area (Å²) >= 11 is 5.88.